The van der Waals surface area contributed by atoms with E-state index in [-0.39, 0.29) is 6.03 Å². The van der Waals surface area contributed by atoms with Gasteiger partial charge in [0.2, 0.25) is 0 Å². The summed E-state index contributed by atoms with van der Waals surface area (Å²) in [6, 6.07) is 9.32. The van der Waals surface area contributed by atoms with Gasteiger partial charge < -0.3 is 10.2 Å². The number of amides is 2. The lowest BCUT2D eigenvalue weighted by Gasteiger charge is -2.16. The van der Waals surface area contributed by atoms with Crippen molar-refractivity contribution in [1.82, 2.24) is 4.90 Å². The van der Waals surface area contributed by atoms with E-state index in [9.17, 15) is 4.79 Å². The SMILES string of the molecule is CC(C)C=NCCN(C)C(=O)Nc1ccccc1. The van der Waals surface area contributed by atoms with Crippen molar-refractivity contribution in [3.05, 3.63) is 30.3 Å². The first-order valence-electron chi connectivity index (χ1n) is 6.16. The monoisotopic (exact) mass is 247 g/mol. The summed E-state index contributed by atoms with van der Waals surface area (Å²) in [4.78, 5) is 17.7. The lowest BCUT2D eigenvalue weighted by Crippen LogP contribution is -2.33. The van der Waals surface area contributed by atoms with Crippen molar-refractivity contribution in [2.45, 2.75) is 13.8 Å². The van der Waals surface area contributed by atoms with Crippen LogP contribution in [0.1, 0.15) is 13.8 Å². The van der Waals surface area contributed by atoms with Gasteiger partial charge in [-0.15, -0.1) is 0 Å². The van der Waals surface area contributed by atoms with Gasteiger partial charge >= 0.3 is 6.03 Å². The van der Waals surface area contributed by atoms with E-state index < -0.39 is 0 Å². The summed E-state index contributed by atoms with van der Waals surface area (Å²) in [5, 5.41) is 2.83. The van der Waals surface area contributed by atoms with Crippen molar-refractivity contribution in [2.75, 3.05) is 25.5 Å². The van der Waals surface area contributed by atoms with Crippen molar-refractivity contribution in [2.24, 2.45) is 10.9 Å². The van der Waals surface area contributed by atoms with E-state index in [0.29, 0.717) is 19.0 Å². The molecule has 98 valence electrons. The summed E-state index contributed by atoms with van der Waals surface area (Å²) < 4.78 is 0. The molecule has 1 aromatic rings. The minimum absolute atomic E-state index is 0.110. The summed E-state index contributed by atoms with van der Waals surface area (Å²) >= 11 is 0. The average Bonchev–Trinajstić information content (AvgIpc) is 2.35. The summed E-state index contributed by atoms with van der Waals surface area (Å²) in [7, 11) is 1.77. The Morgan fingerprint density at radius 2 is 2.06 bits per heavy atom. The summed E-state index contributed by atoms with van der Waals surface area (Å²) in [5.74, 6) is 0.452. The van der Waals surface area contributed by atoms with Gasteiger partial charge in [-0.25, -0.2) is 4.79 Å². The Morgan fingerprint density at radius 3 is 2.67 bits per heavy atom. The topological polar surface area (TPSA) is 44.7 Å². The minimum atomic E-state index is -0.110. The maximum atomic E-state index is 11.8. The molecule has 0 fully saturated rings. The zero-order chi connectivity index (χ0) is 13.4. The fraction of sp³-hybridized carbons (Fsp3) is 0.429. The van der Waals surface area contributed by atoms with Crippen LogP contribution in [0.3, 0.4) is 0 Å². The van der Waals surface area contributed by atoms with Crippen molar-refractivity contribution < 1.29 is 4.79 Å². The van der Waals surface area contributed by atoms with Crippen LogP contribution in [-0.4, -0.2) is 37.3 Å². The predicted molar refractivity (Wildman–Crippen MR) is 76.3 cm³/mol. The third-order valence-corrected chi connectivity index (χ3v) is 2.34. The summed E-state index contributed by atoms with van der Waals surface area (Å²) in [5.41, 5.74) is 0.806. The Hall–Kier alpha value is -1.84. The molecular formula is C14H21N3O. The van der Waals surface area contributed by atoms with Crippen LogP contribution in [0.25, 0.3) is 0 Å². The maximum absolute atomic E-state index is 11.8. The highest BCUT2D eigenvalue weighted by Crippen LogP contribution is 2.05. The molecule has 18 heavy (non-hydrogen) atoms. The molecule has 0 aliphatic heterocycles. The number of hydrogen-bond acceptors (Lipinski definition) is 2. The van der Waals surface area contributed by atoms with Gasteiger partial charge in [0.1, 0.15) is 0 Å². The first-order chi connectivity index (χ1) is 8.59. The Balaban J connectivity index is 2.33. The highest BCUT2D eigenvalue weighted by atomic mass is 16.2. The number of benzene rings is 1. The van der Waals surface area contributed by atoms with Crippen LogP contribution in [0.4, 0.5) is 10.5 Å². The maximum Gasteiger partial charge on any atom is 0.321 e. The Kier molecular flexibility index (Phi) is 5.91. The predicted octanol–water partition coefficient (Wildman–Crippen LogP) is 2.88. The normalized spacial score (nSPS) is 10.9. The van der Waals surface area contributed by atoms with E-state index in [2.05, 4.69) is 24.2 Å². The molecule has 0 radical (unpaired) electrons. The second kappa shape index (κ2) is 7.48. The van der Waals surface area contributed by atoms with Crippen LogP contribution in [0.5, 0.6) is 0 Å². The van der Waals surface area contributed by atoms with E-state index in [1.165, 1.54) is 0 Å². The second-order valence-electron chi connectivity index (χ2n) is 4.52. The van der Waals surface area contributed by atoms with E-state index in [1.54, 1.807) is 11.9 Å². The molecule has 0 heterocycles. The lowest BCUT2D eigenvalue weighted by atomic mass is 10.2. The highest BCUT2D eigenvalue weighted by Gasteiger charge is 2.07. The number of nitrogens with zero attached hydrogens (tertiary/aromatic N) is 2. The summed E-state index contributed by atoms with van der Waals surface area (Å²) in [6.07, 6.45) is 1.91. The molecule has 0 aliphatic carbocycles. The van der Waals surface area contributed by atoms with Gasteiger partial charge in [0.15, 0.2) is 0 Å². The largest absolute Gasteiger partial charge is 0.326 e. The number of para-hydroxylation sites is 1. The van der Waals surface area contributed by atoms with E-state index >= 15 is 0 Å². The number of aliphatic imine (C=N–C) groups is 1. The van der Waals surface area contributed by atoms with Crippen molar-refractivity contribution in [3.63, 3.8) is 0 Å². The number of urea groups is 1. The zero-order valence-electron chi connectivity index (χ0n) is 11.3. The van der Waals surface area contributed by atoms with Gasteiger partial charge in [-0.1, -0.05) is 32.0 Å². The van der Waals surface area contributed by atoms with E-state index in [0.717, 1.165) is 5.69 Å². The third kappa shape index (κ3) is 5.48. The fourth-order valence-electron chi connectivity index (χ4n) is 1.34. The van der Waals surface area contributed by atoms with Crippen molar-refractivity contribution in [3.8, 4) is 0 Å². The molecule has 2 amide bonds. The first kappa shape index (κ1) is 14.2. The number of likely N-dealkylation sites (N-methyl/N-ethyl adjacent to an activating group) is 1. The molecule has 0 bridgehead atoms. The van der Waals surface area contributed by atoms with Gasteiger partial charge in [-0.05, 0) is 18.1 Å². The number of anilines is 1. The third-order valence-electron chi connectivity index (χ3n) is 2.34. The van der Waals surface area contributed by atoms with E-state index in [4.69, 9.17) is 0 Å². The molecular weight excluding hydrogens is 226 g/mol. The number of carbonyl (C=O) groups is 1. The molecule has 1 N–H and O–H groups in total. The van der Waals surface area contributed by atoms with Gasteiger partial charge in [0.05, 0.1) is 6.54 Å². The molecule has 1 rings (SSSR count). The summed E-state index contributed by atoms with van der Waals surface area (Å²) in [6.45, 7) is 5.41. The van der Waals surface area contributed by atoms with Crippen LogP contribution in [0.2, 0.25) is 0 Å². The van der Waals surface area contributed by atoms with Crippen molar-refractivity contribution in [1.29, 1.82) is 0 Å². The van der Waals surface area contributed by atoms with Gasteiger partial charge in [0, 0.05) is 25.5 Å². The molecule has 1 aromatic carbocycles. The molecule has 0 unspecified atom stereocenters. The number of hydrogen-bond donors (Lipinski definition) is 1. The average molecular weight is 247 g/mol. The highest BCUT2D eigenvalue weighted by molar-refractivity contribution is 5.89. The number of rotatable bonds is 5. The number of carbonyl (C=O) groups excluding carboxylic acids is 1. The molecule has 4 heteroatoms. The van der Waals surface area contributed by atoms with Crippen LogP contribution in [0, 0.1) is 5.92 Å². The molecule has 0 saturated carbocycles. The van der Waals surface area contributed by atoms with Crippen LogP contribution in [-0.2, 0) is 0 Å². The smallest absolute Gasteiger partial charge is 0.321 e. The molecule has 0 aliphatic rings. The standard InChI is InChI=1S/C14H21N3O/c1-12(2)11-15-9-10-17(3)14(18)16-13-7-5-4-6-8-13/h4-8,11-12H,9-10H2,1-3H3,(H,16,18). The fourth-order valence-corrected chi connectivity index (χ4v) is 1.34. The van der Waals surface area contributed by atoms with Crippen molar-refractivity contribution >= 4 is 17.9 Å². The molecule has 4 nitrogen and oxygen atoms in total. The molecule has 0 saturated heterocycles. The van der Waals surface area contributed by atoms with Gasteiger partial charge in [0.25, 0.3) is 0 Å². The Labute approximate surface area is 109 Å². The molecule has 0 aromatic heterocycles. The quantitative estimate of drug-likeness (QED) is 0.799. The van der Waals surface area contributed by atoms with Crippen LogP contribution >= 0.6 is 0 Å². The van der Waals surface area contributed by atoms with Gasteiger partial charge in [-0.3, -0.25) is 4.99 Å². The first-order valence-corrected chi connectivity index (χ1v) is 6.16. The Bertz CT molecular complexity index is 387. The zero-order valence-corrected chi connectivity index (χ0v) is 11.3. The van der Waals surface area contributed by atoms with Gasteiger partial charge in [-0.2, -0.15) is 0 Å². The minimum Gasteiger partial charge on any atom is -0.326 e. The van der Waals surface area contributed by atoms with Crippen LogP contribution in [0.15, 0.2) is 35.3 Å². The second-order valence-corrected chi connectivity index (χ2v) is 4.52. The molecule has 0 atom stereocenters. The number of nitrogens with one attached hydrogen (secondary N) is 1. The molecule has 0 spiro atoms. The lowest BCUT2D eigenvalue weighted by molar-refractivity contribution is 0.223. The van der Waals surface area contributed by atoms with E-state index in [1.807, 2.05) is 36.5 Å². The van der Waals surface area contributed by atoms with Crippen LogP contribution < -0.4 is 5.32 Å². The Morgan fingerprint density at radius 1 is 1.39 bits per heavy atom.